The third-order valence-electron chi connectivity index (χ3n) is 3.02. The second-order valence-electron chi connectivity index (χ2n) is 5.40. The molecule has 0 heterocycles. The summed E-state index contributed by atoms with van der Waals surface area (Å²) in [4.78, 5) is 6.29. The van der Waals surface area contributed by atoms with E-state index < -0.39 is 0 Å². The lowest BCUT2D eigenvalue weighted by Crippen LogP contribution is -2.42. The van der Waals surface area contributed by atoms with Gasteiger partial charge in [-0.3, -0.25) is 4.99 Å². The molecule has 0 aromatic heterocycles. The van der Waals surface area contributed by atoms with Crippen LogP contribution in [0.15, 0.2) is 29.3 Å². The van der Waals surface area contributed by atoms with Crippen LogP contribution in [0, 0.1) is 5.82 Å². The van der Waals surface area contributed by atoms with Gasteiger partial charge in [-0.05, 0) is 46.1 Å². The summed E-state index contributed by atoms with van der Waals surface area (Å²) in [6, 6.07) is 6.41. The first-order valence-electron chi connectivity index (χ1n) is 7.53. The maximum absolute atomic E-state index is 13.5. The Morgan fingerprint density at radius 3 is 2.68 bits per heavy atom. The number of rotatable bonds is 8. The summed E-state index contributed by atoms with van der Waals surface area (Å²) in [6.45, 7) is 4.30. The van der Waals surface area contributed by atoms with Gasteiger partial charge < -0.3 is 20.3 Å². The van der Waals surface area contributed by atoms with Gasteiger partial charge in [0.15, 0.2) is 17.5 Å². The minimum atomic E-state index is -0.347. The van der Waals surface area contributed by atoms with E-state index in [1.165, 1.54) is 6.07 Å². The van der Waals surface area contributed by atoms with Gasteiger partial charge in [0.1, 0.15) is 6.10 Å². The smallest absolute Gasteiger partial charge is 0.191 e. The van der Waals surface area contributed by atoms with E-state index in [9.17, 15) is 4.39 Å². The maximum Gasteiger partial charge on any atom is 0.191 e. The Bertz CT molecular complexity index is 465. The molecule has 124 valence electrons. The molecule has 0 radical (unpaired) electrons. The predicted octanol–water partition coefficient (Wildman–Crippen LogP) is 1.71. The van der Waals surface area contributed by atoms with E-state index in [-0.39, 0.29) is 17.7 Å². The average molecular weight is 310 g/mol. The molecule has 5 nitrogen and oxygen atoms in total. The van der Waals surface area contributed by atoms with Crippen molar-refractivity contribution >= 4 is 5.96 Å². The van der Waals surface area contributed by atoms with E-state index in [4.69, 9.17) is 4.74 Å². The van der Waals surface area contributed by atoms with Crippen molar-refractivity contribution in [3.63, 3.8) is 0 Å². The molecule has 0 aliphatic carbocycles. The van der Waals surface area contributed by atoms with Crippen LogP contribution in [0.1, 0.15) is 13.3 Å². The van der Waals surface area contributed by atoms with Crippen LogP contribution in [0.4, 0.5) is 4.39 Å². The zero-order valence-corrected chi connectivity index (χ0v) is 13.9. The number of ether oxygens (including phenoxy) is 1. The van der Waals surface area contributed by atoms with Gasteiger partial charge in [-0.25, -0.2) is 4.39 Å². The summed E-state index contributed by atoms with van der Waals surface area (Å²) in [5.41, 5.74) is 0. The highest BCUT2D eigenvalue weighted by Crippen LogP contribution is 2.16. The molecular weight excluding hydrogens is 283 g/mol. The normalized spacial score (nSPS) is 13.1. The van der Waals surface area contributed by atoms with Crippen molar-refractivity contribution < 1.29 is 9.13 Å². The summed E-state index contributed by atoms with van der Waals surface area (Å²) in [5, 5.41) is 6.41. The molecule has 1 unspecified atom stereocenters. The largest absolute Gasteiger partial charge is 0.486 e. The molecule has 0 bridgehead atoms. The molecule has 0 spiro atoms. The minimum absolute atomic E-state index is 0.169. The number of aliphatic imine (C=N–C) groups is 1. The first kappa shape index (κ1) is 18.2. The fraction of sp³-hybridized carbons (Fsp3) is 0.562. The topological polar surface area (TPSA) is 48.9 Å². The molecule has 0 aliphatic heterocycles. The van der Waals surface area contributed by atoms with Gasteiger partial charge in [-0.1, -0.05) is 12.1 Å². The van der Waals surface area contributed by atoms with Crippen LogP contribution in [0.3, 0.4) is 0 Å². The highest BCUT2D eigenvalue weighted by molar-refractivity contribution is 5.79. The minimum Gasteiger partial charge on any atom is -0.486 e. The Kier molecular flexibility index (Phi) is 8.28. The number of nitrogens with one attached hydrogen (secondary N) is 2. The molecule has 1 aromatic rings. The second kappa shape index (κ2) is 10.00. The zero-order chi connectivity index (χ0) is 16.4. The van der Waals surface area contributed by atoms with Crippen molar-refractivity contribution in [1.29, 1.82) is 0 Å². The Morgan fingerprint density at radius 1 is 1.32 bits per heavy atom. The van der Waals surface area contributed by atoms with Gasteiger partial charge >= 0.3 is 0 Å². The fourth-order valence-corrected chi connectivity index (χ4v) is 1.86. The van der Waals surface area contributed by atoms with E-state index in [1.54, 1.807) is 25.2 Å². The summed E-state index contributed by atoms with van der Waals surface area (Å²) in [6.07, 6.45) is 0.867. The van der Waals surface area contributed by atoms with Crippen molar-refractivity contribution in [2.45, 2.75) is 19.4 Å². The molecule has 0 fully saturated rings. The van der Waals surface area contributed by atoms with Crippen LogP contribution in [0.25, 0.3) is 0 Å². The number of para-hydroxylation sites is 1. The van der Waals surface area contributed by atoms with E-state index in [2.05, 4.69) is 34.6 Å². The average Bonchev–Trinajstić information content (AvgIpc) is 2.48. The third-order valence-corrected chi connectivity index (χ3v) is 3.02. The lowest BCUT2D eigenvalue weighted by atomic mass is 10.3. The second-order valence-corrected chi connectivity index (χ2v) is 5.40. The molecule has 6 heteroatoms. The third kappa shape index (κ3) is 7.26. The van der Waals surface area contributed by atoms with Crippen LogP contribution in [-0.2, 0) is 0 Å². The van der Waals surface area contributed by atoms with Gasteiger partial charge in [0.2, 0.25) is 0 Å². The molecule has 0 saturated carbocycles. The van der Waals surface area contributed by atoms with E-state index in [0.717, 1.165) is 25.5 Å². The Morgan fingerprint density at radius 2 is 2.05 bits per heavy atom. The standard InChI is InChI=1S/C16H27FN4O/c1-13(22-15-9-6-5-8-14(15)17)12-20-16(18-2)19-10-7-11-21(3)4/h5-6,8-9,13H,7,10-12H2,1-4H3,(H2,18,19,20). The first-order valence-corrected chi connectivity index (χ1v) is 7.53. The van der Waals surface area contributed by atoms with E-state index in [0.29, 0.717) is 6.54 Å². The van der Waals surface area contributed by atoms with Gasteiger partial charge in [0, 0.05) is 13.6 Å². The lowest BCUT2D eigenvalue weighted by molar-refractivity contribution is 0.214. The highest BCUT2D eigenvalue weighted by atomic mass is 19.1. The van der Waals surface area contributed by atoms with E-state index >= 15 is 0 Å². The summed E-state index contributed by atoms with van der Waals surface area (Å²) in [7, 11) is 5.83. The molecule has 0 aliphatic rings. The first-order chi connectivity index (χ1) is 10.5. The molecule has 2 N–H and O–H groups in total. The van der Waals surface area contributed by atoms with Crippen molar-refractivity contribution in [2.75, 3.05) is 40.8 Å². The molecule has 1 aromatic carbocycles. The highest BCUT2D eigenvalue weighted by Gasteiger charge is 2.08. The molecular formula is C16H27FN4O. The summed E-state index contributed by atoms with van der Waals surface area (Å²) < 4.78 is 19.1. The Labute approximate surface area is 132 Å². The monoisotopic (exact) mass is 310 g/mol. The van der Waals surface area contributed by atoms with Crippen molar-refractivity contribution in [3.05, 3.63) is 30.1 Å². The molecule has 22 heavy (non-hydrogen) atoms. The molecule has 0 amide bonds. The number of hydrogen-bond acceptors (Lipinski definition) is 3. The van der Waals surface area contributed by atoms with Crippen molar-refractivity contribution in [3.8, 4) is 5.75 Å². The summed E-state index contributed by atoms with van der Waals surface area (Å²) >= 11 is 0. The van der Waals surface area contributed by atoms with Crippen LogP contribution in [-0.4, -0.2) is 57.7 Å². The number of nitrogens with zero attached hydrogens (tertiary/aromatic N) is 2. The quantitative estimate of drug-likeness (QED) is 0.436. The van der Waals surface area contributed by atoms with Crippen LogP contribution in [0.2, 0.25) is 0 Å². The maximum atomic E-state index is 13.5. The molecule has 1 rings (SSSR count). The van der Waals surface area contributed by atoms with Gasteiger partial charge in [0.05, 0.1) is 6.54 Å². The number of guanidine groups is 1. The molecule has 0 saturated heterocycles. The van der Waals surface area contributed by atoms with Gasteiger partial charge in [-0.15, -0.1) is 0 Å². The fourth-order valence-electron chi connectivity index (χ4n) is 1.86. The van der Waals surface area contributed by atoms with Crippen molar-refractivity contribution in [1.82, 2.24) is 15.5 Å². The van der Waals surface area contributed by atoms with Crippen molar-refractivity contribution in [2.24, 2.45) is 4.99 Å². The number of hydrogen-bond donors (Lipinski definition) is 2. The number of benzene rings is 1. The SMILES string of the molecule is CN=C(NCCCN(C)C)NCC(C)Oc1ccccc1F. The predicted molar refractivity (Wildman–Crippen MR) is 89.0 cm³/mol. The Balaban J connectivity index is 2.29. The Hall–Kier alpha value is -1.82. The zero-order valence-electron chi connectivity index (χ0n) is 13.9. The lowest BCUT2D eigenvalue weighted by Gasteiger charge is -2.18. The van der Waals surface area contributed by atoms with Gasteiger partial charge in [-0.2, -0.15) is 0 Å². The number of halogens is 1. The van der Waals surface area contributed by atoms with Crippen LogP contribution in [0.5, 0.6) is 5.75 Å². The molecule has 1 atom stereocenters. The summed E-state index contributed by atoms with van der Waals surface area (Å²) in [5.74, 6) is 0.647. The van der Waals surface area contributed by atoms with E-state index in [1.807, 2.05) is 6.92 Å². The van der Waals surface area contributed by atoms with Crippen LogP contribution >= 0.6 is 0 Å². The van der Waals surface area contributed by atoms with Crippen LogP contribution < -0.4 is 15.4 Å². The van der Waals surface area contributed by atoms with Gasteiger partial charge in [0.25, 0.3) is 0 Å².